The zero-order valence-electron chi connectivity index (χ0n) is 30.9. The quantitative estimate of drug-likeness (QED) is 0.0578. The normalized spacial score (nSPS) is 11.0. The maximum absolute atomic E-state index is 12.0. The standard InChI is InChI=1S/C43H56O8/c1-7-9-10-12-32-15-17-35(18-16-32)36-19-20-38(34(8-2)25-36)39-27-40(48-21-23-50-42(46)30(3)4)37(14-11-13-33(28-44)29-45)26-41(39)49-22-24-51-43(47)31(5)6/h15-20,25-27,33,44-45H,3,5,7-14,21-24,28-29H2,1-2,4,6H3. The lowest BCUT2D eigenvalue weighted by molar-refractivity contribution is -0.140. The zero-order chi connectivity index (χ0) is 37.2. The molecule has 8 heteroatoms. The van der Waals surface area contributed by atoms with Crippen LogP contribution in [0.5, 0.6) is 11.5 Å². The third-order valence-electron chi connectivity index (χ3n) is 8.72. The lowest BCUT2D eigenvalue weighted by atomic mass is 9.91. The minimum atomic E-state index is -0.478. The Kier molecular flexibility index (Phi) is 17.5. The van der Waals surface area contributed by atoms with Crippen LogP contribution in [0.15, 0.2) is 78.9 Å². The van der Waals surface area contributed by atoms with Crippen LogP contribution >= 0.6 is 0 Å². The Hall–Kier alpha value is -4.40. The lowest BCUT2D eigenvalue weighted by Crippen LogP contribution is -2.14. The van der Waals surface area contributed by atoms with Gasteiger partial charge in [-0.25, -0.2) is 9.59 Å². The summed E-state index contributed by atoms with van der Waals surface area (Å²) in [5.41, 5.74) is 8.04. The highest BCUT2D eigenvalue weighted by atomic mass is 16.6. The van der Waals surface area contributed by atoms with E-state index in [4.69, 9.17) is 18.9 Å². The van der Waals surface area contributed by atoms with Gasteiger partial charge in [-0.1, -0.05) is 82.3 Å². The van der Waals surface area contributed by atoms with Crippen molar-refractivity contribution >= 4 is 11.9 Å². The smallest absolute Gasteiger partial charge is 0.333 e. The van der Waals surface area contributed by atoms with Gasteiger partial charge < -0.3 is 29.2 Å². The Morgan fingerprint density at radius 3 is 1.84 bits per heavy atom. The average molecular weight is 701 g/mol. The molecule has 276 valence electrons. The zero-order valence-corrected chi connectivity index (χ0v) is 30.9. The van der Waals surface area contributed by atoms with E-state index in [1.54, 1.807) is 13.8 Å². The molecule has 0 fully saturated rings. The SMILES string of the molecule is C=C(C)C(=O)OCCOc1cc(-c2ccc(-c3ccc(CCCCC)cc3)cc2CC)c(OCCOC(=O)C(=C)C)cc1CCCC(CO)CO. The number of aliphatic hydroxyl groups is 2. The van der Waals surface area contributed by atoms with Crippen molar-refractivity contribution in [2.75, 3.05) is 39.6 Å². The molecule has 0 unspecified atom stereocenters. The van der Waals surface area contributed by atoms with E-state index in [1.807, 2.05) is 12.1 Å². The molecule has 0 aliphatic carbocycles. The summed E-state index contributed by atoms with van der Waals surface area (Å²) in [7, 11) is 0. The fraction of sp³-hybridized carbons (Fsp3) is 0.442. The van der Waals surface area contributed by atoms with Gasteiger partial charge in [-0.2, -0.15) is 0 Å². The monoisotopic (exact) mass is 700 g/mol. The van der Waals surface area contributed by atoms with E-state index in [-0.39, 0.29) is 45.6 Å². The number of hydrogen-bond donors (Lipinski definition) is 2. The molecule has 3 rings (SSSR count). The van der Waals surface area contributed by atoms with E-state index >= 15 is 0 Å². The van der Waals surface area contributed by atoms with Crippen molar-refractivity contribution in [3.05, 3.63) is 95.6 Å². The predicted molar refractivity (Wildman–Crippen MR) is 203 cm³/mol. The first-order valence-electron chi connectivity index (χ1n) is 18.1. The number of esters is 2. The van der Waals surface area contributed by atoms with Gasteiger partial charge in [0, 0.05) is 35.8 Å². The van der Waals surface area contributed by atoms with Gasteiger partial charge >= 0.3 is 11.9 Å². The van der Waals surface area contributed by atoms with E-state index in [9.17, 15) is 19.8 Å². The molecule has 2 N–H and O–H groups in total. The minimum absolute atomic E-state index is 0.0511. The van der Waals surface area contributed by atoms with Crippen LogP contribution in [0.25, 0.3) is 22.3 Å². The Balaban J connectivity index is 2.01. The van der Waals surface area contributed by atoms with Crippen LogP contribution in [-0.4, -0.2) is 61.8 Å². The van der Waals surface area contributed by atoms with Gasteiger partial charge in [-0.15, -0.1) is 0 Å². The van der Waals surface area contributed by atoms with Crippen molar-refractivity contribution in [2.24, 2.45) is 5.92 Å². The van der Waals surface area contributed by atoms with Crippen LogP contribution in [0.1, 0.15) is 76.5 Å². The number of aryl methyl sites for hydroxylation is 3. The van der Waals surface area contributed by atoms with Gasteiger partial charge in [0.2, 0.25) is 0 Å². The molecule has 8 nitrogen and oxygen atoms in total. The molecule has 0 saturated heterocycles. The summed E-state index contributed by atoms with van der Waals surface area (Å²) in [4.78, 5) is 24.0. The first kappa shape index (κ1) is 41.0. The van der Waals surface area contributed by atoms with E-state index in [0.29, 0.717) is 41.9 Å². The van der Waals surface area contributed by atoms with Crippen LogP contribution in [-0.2, 0) is 38.3 Å². The number of hydrogen-bond acceptors (Lipinski definition) is 8. The van der Waals surface area contributed by atoms with E-state index in [2.05, 4.69) is 69.5 Å². The summed E-state index contributed by atoms with van der Waals surface area (Å²) >= 11 is 0. The fourth-order valence-corrected chi connectivity index (χ4v) is 5.67. The molecule has 0 spiro atoms. The van der Waals surface area contributed by atoms with Gasteiger partial charge in [0.1, 0.15) is 37.9 Å². The summed E-state index contributed by atoms with van der Waals surface area (Å²) < 4.78 is 23.2. The Morgan fingerprint density at radius 2 is 1.27 bits per heavy atom. The maximum atomic E-state index is 12.0. The predicted octanol–water partition coefficient (Wildman–Crippen LogP) is 8.24. The van der Waals surface area contributed by atoms with Crippen LogP contribution in [0, 0.1) is 5.92 Å². The average Bonchev–Trinajstić information content (AvgIpc) is 3.13. The number of unbranched alkanes of at least 4 members (excludes halogenated alkanes) is 2. The molecule has 0 aromatic heterocycles. The number of carbonyl (C=O) groups is 2. The third-order valence-corrected chi connectivity index (χ3v) is 8.72. The second kappa shape index (κ2) is 21.7. The molecule has 3 aromatic rings. The number of rotatable bonds is 23. The van der Waals surface area contributed by atoms with E-state index in [0.717, 1.165) is 46.2 Å². The Labute approximate surface area is 304 Å². The maximum Gasteiger partial charge on any atom is 0.333 e. The molecule has 0 aliphatic heterocycles. The highest BCUT2D eigenvalue weighted by Crippen LogP contribution is 2.40. The first-order valence-corrected chi connectivity index (χ1v) is 18.1. The number of carbonyl (C=O) groups excluding carboxylic acids is 2. The van der Waals surface area contributed by atoms with Gasteiger partial charge in [-0.3, -0.25) is 0 Å². The van der Waals surface area contributed by atoms with Crippen molar-refractivity contribution in [1.29, 1.82) is 0 Å². The molecule has 0 radical (unpaired) electrons. The third kappa shape index (κ3) is 13.0. The molecule has 0 amide bonds. The second-order valence-corrected chi connectivity index (χ2v) is 13.0. The van der Waals surface area contributed by atoms with Crippen molar-refractivity contribution < 1.29 is 38.7 Å². The molecule has 0 heterocycles. The summed E-state index contributed by atoms with van der Waals surface area (Å²) in [5.74, 6) is 0.0602. The van der Waals surface area contributed by atoms with Crippen molar-refractivity contribution in [2.45, 2.75) is 79.1 Å². The first-order chi connectivity index (χ1) is 24.6. The molecule has 0 bridgehead atoms. The van der Waals surface area contributed by atoms with Crippen molar-refractivity contribution in [1.82, 2.24) is 0 Å². The van der Waals surface area contributed by atoms with Crippen molar-refractivity contribution in [3.63, 3.8) is 0 Å². The Morgan fingerprint density at radius 1 is 0.667 bits per heavy atom. The van der Waals surface area contributed by atoms with E-state index < -0.39 is 11.9 Å². The van der Waals surface area contributed by atoms with Crippen LogP contribution in [0.3, 0.4) is 0 Å². The highest BCUT2D eigenvalue weighted by Gasteiger charge is 2.18. The molecule has 3 aromatic carbocycles. The molecule has 0 atom stereocenters. The lowest BCUT2D eigenvalue weighted by Gasteiger charge is -2.20. The topological polar surface area (TPSA) is 112 Å². The summed E-state index contributed by atoms with van der Waals surface area (Å²) in [6.45, 7) is 15.0. The molecular weight excluding hydrogens is 644 g/mol. The number of ether oxygens (including phenoxy) is 4. The molecular formula is C43H56O8. The molecule has 51 heavy (non-hydrogen) atoms. The largest absolute Gasteiger partial charge is 0.490 e. The Bertz CT molecular complexity index is 1590. The molecule has 0 saturated carbocycles. The number of aliphatic hydroxyl groups excluding tert-OH is 2. The van der Waals surface area contributed by atoms with Crippen LogP contribution in [0.4, 0.5) is 0 Å². The van der Waals surface area contributed by atoms with Gasteiger partial charge in [0.25, 0.3) is 0 Å². The minimum Gasteiger partial charge on any atom is -0.490 e. The fourth-order valence-electron chi connectivity index (χ4n) is 5.67. The second-order valence-electron chi connectivity index (χ2n) is 13.0. The van der Waals surface area contributed by atoms with Crippen LogP contribution in [0.2, 0.25) is 0 Å². The van der Waals surface area contributed by atoms with Gasteiger partial charge in [-0.05, 0) is 97.9 Å². The van der Waals surface area contributed by atoms with Crippen molar-refractivity contribution in [3.8, 4) is 33.8 Å². The van der Waals surface area contributed by atoms with Crippen LogP contribution < -0.4 is 9.47 Å². The highest BCUT2D eigenvalue weighted by molar-refractivity contribution is 5.87. The molecule has 0 aliphatic rings. The number of benzene rings is 3. The van der Waals surface area contributed by atoms with Gasteiger partial charge in [0.15, 0.2) is 0 Å². The van der Waals surface area contributed by atoms with E-state index in [1.165, 1.54) is 24.8 Å². The summed E-state index contributed by atoms with van der Waals surface area (Å²) in [6, 6.07) is 19.2. The summed E-state index contributed by atoms with van der Waals surface area (Å²) in [6.07, 6.45) is 7.39. The van der Waals surface area contributed by atoms with Gasteiger partial charge in [0.05, 0.1) is 0 Å². The summed E-state index contributed by atoms with van der Waals surface area (Å²) in [5, 5.41) is 19.2.